The van der Waals surface area contributed by atoms with Crippen LogP contribution in [0.15, 0.2) is 12.4 Å². The molecule has 3 aromatic heterocycles. The molecule has 7 nitrogen and oxygen atoms in total. The largest absolute Gasteiger partial charge is 0.363 e. The van der Waals surface area contributed by atoms with Crippen LogP contribution >= 0.6 is 0 Å². The first-order chi connectivity index (χ1) is 12.5. The number of nitrogens with zero attached hydrogens (tertiary/aromatic N) is 7. The molecule has 0 atom stereocenters. The van der Waals surface area contributed by atoms with Gasteiger partial charge in [-0.05, 0) is 6.92 Å². The second-order valence-corrected chi connectivity index (χ2v) is 5.87. The molecule has 0 saturated carbocycles. The van der Waals surface area contributed by atoms with Crippen LogP contribution in [0.25, 0.3) is 5.78 Å². The number of aryl methyl sites for hydroxylation is 1. The van der Waals surface area contributed by atoms with Crippen molar-refractivity contribution in [3.8, 4) is 0 Å². The van der Waals surface area contributed by atoms with Gasteiger partial charge in [0, 0.05) is 37.9 Å². The Hall–Kier alpha value is -2.98. The topological polar surface area (TPSA) is 62.5 Å². The first-order valence-corrected chi connectivity index (χ1v) is 7.83. The third-order valence-corrected chi connectivity index (χ3v) is 4.26. The molecule has 1 fully saturated rings. The van der Waals surface area contributed by atoms with Gasteiger partial charge in [-0.25, -0.2) is 4.98 Å². The summed E-state index contributed by atoms with van der Waals surface area (Å²) >= 11 is 0. The third-order valence-electron chi connectivity index (χ3n) is 4.26. The highest BCUT2D eigenvalue weighted by Crippen LogP contribution is 2.28. The van der Waals surface area contributed by atoms with Crippen LogP contribution < -0.4 is 9.80 Å². The Bertz CT molecular complexity index is 956. The molecule has 0 aromatic carbocycles. The summed E-state index contributed by atoms with van der Waals surface area (Å²) in [5, 5.41) is 4.12. The van der Waals surface area contributed by atoms with Gasteiger partial charge in [0.05, 0.1) is 0 Å². The number of rotatable bonds is 2. The zero-order valence-corrected chi connectivity index (χ0v) is 13.6. The third kappa shape index (κ3) is 2.59. The highest BCUT2D eigenvalue weighted by atomic mass is 19.2. The number of anilines is 2. The van der Waals surface area contributed by atoms with Crippen molar-refractivity contribution in [2.75, 3.05) is 36.0 Å². The Morgan fingerprint density at radius 2 is 1.50 bits per heavy atom. The van der Waals surface area contributed by atoms with E-state index in [-0.39, 0.29) is 13.1 Å². The van der Waals surface area contributed by atoms with E-state index in [1.807, 2.05) is 17.9 Å². The second-order valence-electron chi connectivity index (χ2n) is 5.87. The van der Waals surface area contributed by atoms with E-state index >= 15 is 0 Å². The van der Waals surface area contributed by atoms with Crippen molar-refractivity contribution >= 4 is 17.3 Å². The second kappa shape index (κ2) is 6.07. The maximum absolute atomic E-state index is 13.9. The zero-order valence-electron chi connectivity index (χ0n) is 13.6. The van der Waals surface area contributed by atoms with Gasteiger partial charge in [-0.1, -0.05) is 0 Å². The molecule has 1 aliphatic rings. The fourth-order valence-corrected chi connectivity index (χ4v) is 3.05. The van der Waals surface area contributed by atoms with Crippen molar-refractivity contribution < 1.29 is 17.6 Å². The summed E-state index contributed by atoms with van der Waals surface area (Å²) in [7, 11) is 0. The highest BCUT2D eigenvalue weighted by Gasteiger charge is 2.28. The molecule has 26 heavy (non-hydrogen) atoms. The van der Waals surface area contributed by atoms with E-state index in [2.05, 4.69) is 20.1 Å². The van der Waals surface area contributed by atoms with Gasteiger partial charge in [-0.15, -0.1) is 0 Å². The molecule has 11 heteroatoms. The molecule has 3 aromatic rings. The molecule has 0 radical (unpaired) electrons. The average Bonchev–Trinajstić information content (AvgIpc) is 3.08. The number of piperazine rings is 1. The van der Waals surface area contributed by atoms with Crippen LogP contribution in [0.5, 0.6) is 0 Å². The fraction of sp³-hybridized carbons (Fsp3) is 0.333. The molecule has 0 unspecified atom stereocenters. The molecule has 4 rings (SSSR count). The number of fused-ring (bicyclic) bond motifs is 1. The average molecular weight is 367 g/mol. The number of hydrogen-bond acceptors (Lipinski definition) is 6. The van der Waals surface area contributed by atoms with Gasteiger partial charge in [0.1, 0.15) is 17.8 Å². The lowest BCUT2D eigenvalue weighted by Gasteiger charge is -2.37. The van der Waals surface area contributed by atoms with Gasteiger partial charge < -0.3 is 9.80 Å². The molecule has 4 heterocycles. The van der Waals surface area contributed by atoms with Crippen molar-refractivity contribution in [2.24, 2.45) is 0 Å². The SMILES string of the molecule is Cc1cc(N2CCN(c3c(F)c(F)nc(F)c3F)CC2)n2ncnc2n1. The monoisotopic (exact) mass is 367 g/mol. The molecule has 0 N–H and O–H groups in total. The molecule has 1 saturated heterocycles. The van der Waals surface area contributed by atoms with Crippen LogP contribution in [-0.2, 0) is 0 Å². The van der Waals surface area contributed by atoms with Crippen LogP contribution in [-0.4, -0.2) is 50.7 Å². The summed E-state index contributed by atoms with van der Waals surface area (Å²) in [6.07, 6.45) is 1.38. The molecule has 0 aliphatic carbocycles. The lowest BCUT2D eigenvalue weighted by Crippen LogP contribution is -2.48. The normalized spacial score (nSPS) is 15.1. The van der Waals surface area contributed by atoms with E-state index < -0.39 is 29.2 Å². The van der Waals surface area contributed by atoms with E-state index in [0.29, 0.717) is 18.9 Å². The molecule has 0 bridgehead atoms. The Kier molecular flexibility index (Phi) is 3.85. The molecule has 1 aliphatic heterocycles. The standard InChI is InChI=1S/C15H13F4N7/c1-8-6-9(26-15(22-8)20-7-21-26)24-2-4-25(5-3-24)12-10(16)13(18)23-14(19)11(12)17/h6-7H,2-5H2,1H3. The van der Waals surface area contributed by atoms with Gasteiger partial charge in [-0.3, -0.25) is 0 Å². The van der Waals surface area contributed by atoms with Gasteiger partial charge in [0.2, 0.25) is 11.6 Å². The van der Waals surface area contributed by atoms with E-state index in [1.165, 1.54) is 11.2 Å². The van der Waals surface area contributed by atoms with Crippen LogP contribution in [0.1, 0.15) is 5.69 Å². The first-order valence-electron chi connectivity index (χ1n) is 7.83. The predicted octanol–water partition coefficient (Wildman–Crippen LogP) is 1.71. The van der Waals surface area contributed by atoms with Crippen LogP contribution in [0.4, 0.5) is 29.1 Å². The number of pyridine rings is 1. The van der Waals surface area contributed by atoms with Crippen LogP contribution in [0, 0.1) is 30.5 Å². The summed E-state index contributed by atoms with van der Waals surface area (Å²) < 4.78 is 56.1. The Labute approximate surface area is 144 Å². The minimum Gasteiger partial charge on any atom is -0.363 e. The van der Waals surface area contributed by atoms with Gasteiger partial charge in [-0.2, -0.15) is 37.1 Å². The maximum atomic E-state index is 13.9. The van der Waals surface area contributed by atoms with Crippen LogP contribution in [0.2, 0.25) is 0 Å². The maximum Gasteiger partial charge on any atom is 0.254 e. The van der Waals surface area contributed by atoms with Gasteiger partial charge in [0.15, 0.2) is 0 Å². The van der Waals surface area contributed by atoms with Crippen molar-refractivity contribution in [1.29, 1.82) is 0 Å². The summed E-state index contributed by atoms with van der Waals surface area (Å²) in [5.41, 5.74) is 0.0183. The summed E-state index contributed by atoms with van der Waals surface area (Å²) in [5.74, 6) is -5.12. The molecular weight excluding hydrogens is 354 g/mol. The van der Waals surface area contributed by atoms with Crippen molar-refractivity contribution in [3.63, 3.8) is 0 Å². The number of hydrogen-bond donors (Lipinski definition) is 0. The van der Waals surface area contributed by atoms with E-state index in [4.69, 9.17) is 0 Å². The molecule has 0 amide bonds. The van der Waals surface area contributed by atoms with E-state index in [1.54, 1.807) is 4.52 Å². The Morgan fingerprint density at radius 3 is 2.15 bits per heavy atom. The van der Waals surface area contributed by atoms with Gasteiger partial charge in [0.25, 0.3) is 17.7 Å². The minimum absolute atomic E-state index is 0.161. The van der Waals surface area contributed by atoms with E-state index in [9.17, 15) is 17.6 Å². The molecular formula is C15H13F4N7. The first kappa shape index (κ1) is 16.5. The van der Waals surface area contributed by atoms with Gasteiger partial charge >= 0.3 is 0 Å². The smallest absolute Gasteiger partial charge is 0.254 e. The Balaban J connectivity index is 1.61. The lowest BCUT2D eigenvalue weighted by molar-refractivity contribution is 0.404. The minimum atomic E-state index is -1.66. The van der Waals surface area contributed by atoms with Crippen molar-refractivity contribution in [2.45, 2.75) is 6.92 Å². The lowest BCUT2D eigenvalue weighted by atomic mass is 10.2. The summed E-state index contributed by atoms with van der Waals surface area (Å²) in [6, 6.07) is 1.82. The summed E-state index contributed by atoms with van der Waals surface area (Å²) in [6.45, 7) is 2.87. The van der Waals surface area contributed by atoms with Crippen LogP contribution in [0.3, 0.4) is 0 Å². The predicted molar refractivity (Wildman–Crippen MR) is 84.0 cm³/mol. The van der Waals surface area contributed by atoms with Crippen molar-refractivity contribution in [1.82, 2.24) is 24.6 Å². The van der Waals surface area contributed by atoms with E-state index in [0.717, 1.165) is 11.5 Å². The molecule has 0 spiro atoms. The van der Waals surface area contributed by atoms with Crippen molar-refractivity contribution in [3.05, 3.63) is 41.6 Å². The Morgan fingerprint density at radius 1 is 0.885 bits per heavy atom. The quantitative estimate of drug-likeness (QED) is 0.508. The zero-order chi connectivity index (χ0) is 18.4. The molecule has 136 valence electrons. The fourth-order valence-electron chi connectivity index (χ4n) is 3.05. The highest BCUT2D eigenvalue weighted by molar-refractivity contribution is 5.52. The summed E-state index contributed by atoms with van der Waals surface area (Å²) in [4.78, 5) is 14.1. The number of halogens is 4. The number of aromatic nitrogens is 5.